The summed E-state index contributed by atoms with van der Waals surface area (Å²) in [6, 6.07) is 3.44. The Morgan fingerprint density at radius 2 is 2.04 bits per heavy atom. The number of furan rings is 1. The second-order valence-electron chi connectivity index (χ2n) is 7.00. The summed E-state index contributed by atoms with van der Waals surface area (Å²) in [5, 5.41) is 18.9. The average molecular weight is 388 g/mol. The molecule has 0 radical (unpaired) electrons. The third kappa shape index (κ3) is 3.26. The van der Waals surface area contributed by atoms with Crippen LogP contribution in [0.2, 0.25) is 0 Å². The molecule has 2 aliphatic heterocycles. The number of nitrogens with zero attached hydrogens (tertiary/aromatic N) is 2. The van der Waals surface area contributed by atoms with E-state index in [1.54, 1.807) is 19.2 Å². The highest BCUT2D eigenvalue weighted by Crippen LogP contribution is 2.44. The summed E-state index contributed by atoms with van der Waals surface area (Å²) in [5.41, 5.74) is 0.259. The summed E-state index contributed by atoms with van der Waals surface area (Å²) in [6.07, 6.45) is 3.44. The Balaban J connectivity index is 1.48. The minimum Gasteiger partial charge on any atom is -0.481 e. The standard InChI is InChI=1S/C18H20N4O6/c1-22-8-10(15(21-22)17(24)19-7-9-3-2-6-27-9)20-16(23)13-11-4-5-12(28-11)14(13)18(25)26/h2-3,6,8,11-14H,4-5,7H2,1H3,(H,19,24)(H,20,23)(H,25,26). The van der Waals surface area contributed by atoms with Gasteiger partial charge in [0.2, 0.25) is 5.91 Å². The van der Waals surface area contributed by atoms with Gasteiger partial charge in [0.25, 0.3) is 5.91 Å². The molecule has 2 amide bonds. The minimum atomic E-state index is -1.05. The molecule has 2 aliphatic rings. The first-order valence-electron chi connectivity index (χ1n) is 8.97. The van der Waals surface area contributed by atoms with Crippen molar-refractivity contribution >= 4 is 23.5 Å². The number of rotatable bonds is 6. The van der Waals surface area contributed by atoms with Gasteiger partial charge in [0, 0.05) is 13.2 Å². The topological polar surface area (TPSA) is 136 Å². The highest BCUT2D eigenvalue weighted by atomic mass is 16.5. The number of hydrogen-bond donors (Lipinski definition) is 3. The number of amides is 2. The molecule has 0 aliphatic carbocycles. The number of carbonyl (C=O) groups excluding carboxylic acids is 2. The van der Waals surface area contributed by atoms with Gasteiger partial charge >= 0.3 is 5.97 Å². The number of aromatic nitrogens is 2. The normalized spacial score (nSPS) is 25.6. The van der Waals surface area contributed by atoms with Crippen molar-refractivity contribution in [3.8, 4) is 0 Å². The third-order valence-electron chi connectivity index (χ3n) is 5.17. The van der Waals surface area contributed by atoms with Gasteiger partial charge in [-0.05, 0) is 25.0 Å². The monoisotopic (exact) mass is 388 g/mol. The van der Waals surface area contributed by atoms with Crippen LogP contribution < -0.4 is 10.6 Å². The lowest BCUT2D eigenvalue weighted by molar-refractivity contribution is -0.147. The van der Waals surface area contributed by atoms with Gasteiger partial charge in [-0.3, -0.25) is 19.1 Å². The first-order valence-corrected chi connectivity index (χ1v) is 8.97. The predicted molar refractivity (Wildman–Crippen MR) is 94.2 cm³/mol. The van der Waals surface area contributed by atoms with E-state index in [0.717, 1.165) is 0 Å². The summed E-state index contributed by atoms with van der Waals surface area (Å²) in [6.45, 7) is 0.178. The zero-order valence-corrected chi connectivity index (χ0v) is 15.1. The van der Waals surface area contributed by atoms with E-state index in [9.17, 15) is 19.5 Å². The molecule has 148 valence electrons. The molecule has 4 unspecified atom stereocenters. The van der Waals surface area contributed by atoms with Gasteiger partial charge < -0.3 is 24.9 Å². The van der Waals surface area contributed by atoms with E-state index >= 15 is 0 Å². The van der Waals surface area contributed by atoms with Crippen molar-refractivity contribution in [3.05, 3.63) is 36.0 Å². The van der Waals surface area contributed by atoms with Crippen LogP contribution in [0.25, 0.3) is 0 Å². The number of ether oxygens (including phenoxy) is 1. The van der Waals surface area contributed by atoms with Crippen molar-refractivity contribution in [2.24, 2.45) is 18.9 Å². The van der Waals surface area contributed by atoms with E-state index in [1.807, 2.05) is 0 Å². The molecule has 10 nitrogen and oxygen atoms in total. The fourth-order valence-electron chi connectivity index (χ4n) is 3.95. The lowest BCUT2D eigenvalue weighted by atomic mass is 9.78. The highest BCUT2D eigenvalue weighted by Gasteiger charge is 2.55. The number of fused-ring (bicyclic) bond motifs is 2. The number of carboxylic acid groups (broad SMARTS) is 1. The van der Waals surface area contributed by atoms with Crippen molar-refractivity contribution in [1.82, 2.24) is 15.1 Å². The van der Waals surface area contributed by atoms with Gasteiger partial charge in [-0.1, -0.05) is 0 Å². The molecule has 4 rings (SSSR count). The van der Waals surface area contributed by atoms with Crippen LogP contribution in [0.4, 0.5) is 5.69 Å². The minimum absolute atomic E-state index is 0.0401. The fraction of sp³-hybridized carbons (Fsp3) is 0.444. The van der Waals surface area contributed by atoms with Gasteiger partial charge in [-0.2, -0.15) is 5.10 Å². The third-order valence-corrected chi connectivity index (χ3v) is 5.17. The van der Waals surface area contributed by atoms with Gasteiger partial charge in [0.15, 0.2) is 5.69 Å². The Labute approximate surface area is 159 Å². The molecular formula is C18H20N4O6. The lowest BCUT2D eigenvalue weighted by Crippen LogP contribution is -2.41. The molecular weight excluding hydrogens is 368 g/mol. The summed E-state index contributed by atoms with van der Waals surface area (Å²) < 4.78 is 12.2. The highest BCUT2D eigenvalue weighted by molar-refractivity contribution is 6.03. The molecule has 3 N–H and O–H groups in total. The molecule has 2 aromatic heterocycles. The molecule has 0 aromatic carbocycles. The summed E-state index contributed by atoms with van der Waals surface area (Å²) >= 11 is 0. The molecule has 2 fully saturated rings. The van der Waals surface area contributed by atoms with Gasteiger partial charge in [0.1, 0.15) is 5.76 Å². The molecule has 4 atom stereocenters. The van der Waals surface area contributed by atoms with Crippen LogP contribution in [-0.2, 0) is 27.9 Å². The zero-order chi connectivity index (χ0) is 19.8. The number of carbonyl (C=O) groups is 3. The molecule has 4 heterocycles. The Kier molecular flexibility index (Phi) is 4.63. The van der Waals surface area contributed by atoms with Crippen molar-refractivity contribution in [2.75, 3.05) is 5.32 Å². The quantitative estimate of drug-likeness (QED) is 0.665. The Morgan fingerprint density at radius 1 is 1.29 bits per heavy atom. The second-order valence-corrected chi connectivity index (χ2v) is 7.00. The summed E-state index contributed by atoms with van der Waals surface area (Å²) in [4.78, 5) is 36.9. The van der Waals surface area contributed by atoms with E-state index in [0.29, 0.717) is 18.6 Å². The fourth-order valence-corrected chi connectivity index (χ4v) is 3.95. The van der Waals surface area contributed by atoms with Crippen LogP contribution in [0.1, 0.15) is 29.1 Å². The molecule has 0 spiro atoms. The molecule has 0 saturated carbocycles. The number of anilines is 1. The van der Waals surface area contributed by atoms with E-state index in [1.165, 1.54) is 17.1 Å². The van der Waals surface area contributed by atoms with Crippen LogP contribution in [0.15, 0.2) is 29.0 Å². The van der Waals surface area contributed by atoms with Crippen LogP contribution in [0.5, 0.6) is 0 Å². The summed E-state index contributed by atoms with van der Waals surface area (Å²) in [7, 11) is 1.62. The Morgan fingerprint density at radius 3 is 2.71 bits per heavy atom. The molecule has 2 aromatic rings. The Bertz CT molecular complexity index is 905. The smallest absolute Gasteiger partial charge is 0.310 e. The number of nitrogens with one attached hydrogen (secondary N) is 2. The van der Waals surface area contributed by atoms with Crippen molar-refractivity contribution in [2.45, 2.75) is 31.6 Å². The molecule has 10 heteroatoms. The molecule has 2 saturated heterocycles. The zero-order valence-electron chi connectivity index (χ0n) is 15.1. The van der Waals surface area contributed by atoms with Crippen LogP contribution in [0, 0.1) is 11.8 Å². The largest absolute Gasteiger partial charge is 0.481 e. The van der Waals surface area contributed by atoms with E-state index in [2.05, 4.69) is 15.7 Å². The average Bonchev–Trinajstić information content (AvgIpc) is 3.43. The van der Waals surface area contributed by atoms with Gasteiger partial charge in [-0.15, -0.1) is 0 Å². The maximum absolute atomic E-state index is 12.8. The number of aryl methyl sites for hydroxylation is 1. The SMILES string of the molecule is Cn1cc(NC(=O)C2C3CCC(O3)C2C(=O)O)c(C(=O)NCc2ccco2)n1. The van der Waals surface area contributed by atoms with Gasteiger partial charge in [0.05, 0.1) is 42.5 Å². The van der Waals surface area contributed by atoms with Crippen molar-refractivity contribution in [3.63, 3.8) is 0 Å². The first kappa shape index (κ1) is 18.2. The maximum atomic E-state index is 12.8. The van der Waals surface area contributed by atoms with Gasteiger partial charge in [-0.25, -0.2) is 0 Å². The predicted octanol–water partition coefficient (Wildman–Crippen LogP) is 0.760. The van der Waals surface area contributed by atoms with E-state index in [4.69, 9.17) is 9.15 Å². The number of carboxylic acids is 1. The number of hydrogen-bond acceptors (Lipinski definition) is 6. The van der Waals surface area contributed by atoms with Crippen molar-refractivity contribution < 1.29 is 28.6 Å². The second kappa shape index (κ2) is 7.12. The summed E-state index contributed by atoms with van der Waals surface area (Å²) in [5.74, 6) is -3.10. The number of aliphatic carboxylic acids is 1. The van der Waals surface area contributed by atoms with E-state index in [-0.39, 0.29) is 17.9 Å². The Hall–Kier alpha value is -3.14. The lowest BCUT2D eigenvalue weighted by Gasteiger charge is -2.23. The van der Waals surface area contributed by atoms with Crippen LogP contribution in [0.3, 0.4) is 0 Å². The molecule has 28 heavy (non-hydrogen) atoms. The van der Waals surface area contributed by atoms with Crippen LogP contribution >= 0.6 is 0 Å². The maximum Gasteiger partial charge on any atom is 0.310 e. The van der Waals surface area contributed by atoms with E-state index < -0.39 is 41.8 Å². The van der Waals surface area contributed by atoms with Crippen LogP contribution in [-0.4, -0.2) is 44.9 Å². The van der Waals surface area contributed by atoms with Crippen molar-refractivity contribution in [1.29, 1.82) is 0 Å². The first-order chi connectivity index (χ1) is 13.4. The molecule has 2 bridgehead atoms.